The van der Waals surface area contributed by atoms with Gasteiger partial charge < -0.3 is 10.6 Å². The lowest BCUT2D eigenvalue weighted by molar-refractivity contribution is -0.119. The third-order valence-corrected chi connectivity index (χ3v) is 4.73. The maximum absolute atomic E-state index is 12.0. The summed E-state index contributed by atoms with van der Waals surface area (Å²) in [6.07, 6.45) is 0.981. The first kappa shape index (κ1) is 17.1. The van der Waals surface area contributed by atoms with Crippen LogP contribution in [0, 0.1) is 0 Å². The molecule has 5 nitrogen and oxygen atoms in total. The summed E-state index contributed by atoms with van der Waals surface area (Å²) >= 11 is 1.63. The Balaban J connectivity index is 1.65. The average Bonchev–Trinajstić information content (AvgIpc) is 3.03. The van der Waals surface area contributed by atoms with Gasteiger partial charge in [-0.15, -0.1) is 11.3 Å². The lowest BCUT2D eigenvalue weighted by Crippen LogP contribution is -2.22. The smallest absolute Gasteiger partial charge is 0.224 e. The van der Waals surface area contributed by atoms with Crippen LogP contribution in [0.15, 0.2) is 48.5 Å². The zero-order chi connectivity index (χ0) is 17.6. The highest BCUT2D eigenvalue weighted by molar-refractivity contribution is 7.21. The van der Waals surface area contributed by atoms with Crippen molar-refractivity contribution >= 4 is 39.1 Å². The Hall–Kier alpha value is -2.73. The molecule has 1 aromatic heterocycles. The third-order valence-electron chi connectivity index (χ3n) is 3.64. The molecule has 0 atom stereocenters. The number of fused-ring (bicyclic) bond motifs is 1. The molecule has 2 aromatic carbocycles. The Morgan fingerprint density at radius 3 is 2.76 bits per heavy atom. The van der Waals surface area contributed by atoms with E-state index in [1.807, 2.05) is 42.5 Å². The van der Waals surface area contributed by atoms with E-state index in [4.69, 9.17) is 0 Å². The summed E-state index contributed by atoms with van der Waals surface area (Å²) in [5.74, 6) is -0.143. The number of amides is 2. The number of thiazole rings is 1. The Kier molecular flexibility index (Phi) is 5.40. The molecule has 2 N–H and O–H groups in total. The molecular weight excluding hydrogens is 334 g/mol. The Morgan fingerprint density at radius 1 is 1.12 bits per heavy atom. The highest BCUT2D eigenvalue weighted by atomic mass is 32.1. The highest BCUT2D eigenvalue weighted by Crippen LogP contribution is 2.31. The molecule has 0 spiro atoms. The van der Waals surface area contributed by atoms with Gasteiger partial charge in [-0.05, 0) is 30.7 Å². The number of hydrogen-bond acceptors (Lipinski definition) is 4. The van der Waals surface area contributed by atoms with E-state index in [0.29, 0.717) is 19.4 Å². The van der Waals surface area contributed by atoms with Gasteiger partial charge in [0, 0.05) is 31.1 Å². The second kappa shape index (κ2) is 7.90. The van der Waals surface area contributed by atoms with Crippen LogP contribution in [0.25, 0.3) is 20.8 Å². The predicted molar refractivity (Wildman–Crippen MR) is 102 cm³/mol. The fourth-order valence-electron chi connectivity index (χ4n) is 2.46. The summed E-state index contributed by atoms with van der Waals surface area (Å²) in [7, 11) is 0. The lowest BCUT2D eigenvalue weighted by Gasteiger charge is -2.07. The first-order chi connectivity index (χ1) is 12.1. The lowest BCUT2D eigenvalue weighted by atomic mass is 10.2. The summed E-state index contributed by atoms with van der Waals surface area (Å²) in [4.78, 5) is 27.5. The van der Waals surface area contributed by atoms with Crippen molar-refractivity contribution < 1.29 is 9.59 Å². The summed E-state index contributed by atoms with van der Waals surface area (Å²) in [6.45, 7) is 1.97. The van der Waals surface area contributed by atoms with Crippen molar-refractivity contribution in [2.45, 2.75) is 19.8 Å². The average molecular weight is 353 g/mol. The molecule has 0 aliphatic heterocycles. The molecule has 0 aliphatic carbocycles. The van der Waals surface area contributed by atoms with Crippen LogP contribution in [0.1, 0.15) is 19.8 Å². The maximum atomic E-state index is 12.0. The van der Waals surface area contributed by atoms with Gasteiger partial charge in [0.2, 0.25) is 11.8 Å². The molecular formula is C19H19N3O2S. The molecule has 0 saturated heterocycles. The first-order valence-electron chi connectivity index (χ1n) is 8.12. The molecule has 25 heavy (non-hydrogen) atoms. The van der Waals surface area contributed by atoms with Gasteiger partial charge in [0.25, 0.3) is 0 Å². The summed E-state index contributed by atoms with van der Waals surface area (Å²) in [6, 6.07) is 15.7. The number of hydrogen-bond donors (Lipinski definition) is 2. The molecule has 0 fully saturated rings. The Morgan fingerprint density at radius 2 is 1.96 bits per heavy atom. The number of aromatic nitrogens is 1. The number of rotatable bonds is 6. The van der Waals surface area contributed by atoms with E-state index >= 15 is 0 Å². The van der Waals surface area contributed by atoms with Gasteiger partial charge in [0.15, 0.2) is 0 Å². The van der Waals surface area contributed by atoms with Crippen LogP contribution in [0.3, 0.4) is 0 Å². The van der Waals surface area contributed by atoms with Crippen molar-refractivity contribution in [1.82, 2.24) is 10.3 Å². The fourth-order valence-corrected chi connectivity index (χ4v) is 3.42. The summed E-state index contributed by atoms with van der Waals surface area (Å²) in [5.41, 5.74) is 2.72. The minimum Gasteiger partial charge on any atom is -0.356 e. The maximum Gasteiger partial charge on any atom is 0.224 e. The van der Waals surface area contributed by atoms with Gasteiger partial charge in [-0.3, -0.25) is 9.59 Å². The van der Waals surface area contributed by atoms with Crippen LogP contribution in [0.5, 0.6) is 0 Å². The van der Waals surface area contributed by atoms with Gasteiger partial charge in [-0.25, -0.2) is 4.98 Å². The van der Waals surface area contributed by atoms with E-state index < -0.39 is 0 Å². The van der Waals surface area contributed by atoms with Crippen LogP contribution >= 0.6 is 11.3 Å². The minimum atomic E-state index is -0.0797. The van der Waals surface area contributed by atoms with E-state index in [1.165, 1.54) is 6.92 Å². The first-order valence-corrected chi connectivity index (χ1v) is 8.94. The third kappa shape index (κ3) is 4.64. The predicted octanol–water partition coefficient (Wildman–Crippen LogP) is 3.82. The Bertz CT molecular complexity index is 871. The van der Waals surface area contributed by atoms with Crippen LogP contribution in [-0.4, -0.2) is 23.3 Å². The molecule has 0 aliphatic rings. The second-order valence-electron chi connectivity index (χ2n) is 5.70. The largest absolute Gasteiger partial charge is 0.356 e. The number of anilines is 1. The molecule has 0 radical (unpaired) electrons. The topological polar surface area (TPSA) is 71.1 Å². The van der Waals surface area contributed by atoms with E-state index in [1.54, 1.807) is 11.3 Å². The minimum absolute atomic E-state index is 0.0631. The molecule has 3 rings (SSSR count). The number of benzene rings is 2. The van der Waals surface area contributed by atoms with E-state index in [-0.39, 0.29) is 11.8 Å². The zero-order valence-electron chi connectivity index (χ0n) is 13.9. The molecule has 3 aromatic rings. The fraction of sp³-hybridized carbons (Fsp3) is 0.211. The number of carbonyl (C=O) groups is 2. The van der Waals surface area contributed by atoms with Gasteiger partial charge in [0.05, 0.1) is 10.2 Å². The van der Waals surface area contributed by atoms with Crippen LogP contribution < -0.4 is 10.6 Å². The van der Waals surface area contributed by atoms with Crippen molar-refractivity contribution in [3.8, 4) is 10.6 Å². The van der Waals surface area contributed by atoms with E-state index in [0.717, 1.165) is 26.5 Å². The van der Waals surface area contributed by atoms with Crippen LogP contribution in [0.4, 0.5) is 5.69 Å². The van der Waals surface area contributed by atoms with Crippen molar-refractivity contribution in [1.29, 1.82) is 0 Å². The number of nitrogens with zero attached hydrogens (tertiary/aromatic N) is 1. The Labute approximate surface area is 150 Å². The van der Waals surface area contributed by atoms with E-state index in [2.05, 4.69) is 21.7 Å². The van der Waals surface area contributed by atoms with E-state index in [9.17, 15) is 9.59 Å². The molecule has 1 heterocycles. The summed E-state index contributed by atoms with van der Waals surface area (Å²) in [5, 5.41) is 6.51. The highest BCUT2D eigenvalue weighted by Gasteiger charge is 2.08. The zero-order valence-corrected chi connectivity index (χ0v) is 14.7. The van der Waals surface area contributed by atoms with Gasteiger partial charge in [-0.2, -0.15) is 0 Å². The molecule has 2 amide bonds. The monoisotopic (exact) mass is 353 g/mol. The second-order valence-corrected chi connectivity index (χ2v) is 6.73. The van der Waals surface area contributed by atoms with Gasteiger partial charge in [0.1, 0.15) is 5.01 Å². The van der Waals surface area contributed by atoms with Crippen molar-refractivity contribution in [2.75, 3.05) is 11.9 Å². The van der Waals surface area contributed by atoms with Crippen molar-refractivity contribution in [2.24, 2.45) is 0 Å². The van der Waals surface area contributed by atoms with Gasteiger partial charge in [-0.1, -0.05) is 24.3 Å². The number of carbonyl (C=O) groups excluding carboxylic acids is 2. The number of nitrogens with one attached hydrogen (secondary N) is 2. The normalized spacial score (nSPS) is 10.6. The molecule has 0 unspecified atom stereocenters. The standard InChI is InChI=1S/C19H19N3O2S/c1-13(23)20-11-5-10-18(24)21-15-7-4-6-14(12-15)19-22-16-8-2-3-9-17(16)25-19/h2-4,6-9,12H,5,10-11H2,1H3,(H,20,23)(H,21,24). The molecule has 128 valence electrons. The molecule has 6 heteroatoms. The summed E-state index contributed by atoms with van der Waals surface area (Å²) < 4.78 is 1.14. The number of para-hydroxylation sites is 1. The van der Waals surface area contributed by atoms with Crippen LogP contribution in [-0.2, 0) is 9.59 Å². The SMILES string of the molecule is CC(=O)NCCCC(=O)Nc1cccc(-c2nc3ccccc3s2)c1. The molecule has 0 saturated carbocycles. The van der Waals surface area contributed by atoms with Crippen molar-refractivity contribution in [3.63, 3.8) is 0 Å². The molecule has 0 bridgehead atoms. The van der Waals surface area contributed by atoms with Crippen LogP contribution in [0.2, 0.25) is 0 Å². The quantitative estimate of drug-likeness (QED) is 0.662. The van der Waals surface area contributed by atoms with Gasteiger partial charge >= 0.3 is 0 Å². The van der Waals surface area contributed by atoms with Crippen molar-refractivity contribution in [3.05, 3.63) is 48.5 Å².